The minimum absolute atomic E-state index is 0.0900. The van der Waals surface area contributed by atoms with Crippen LogP contribution in [0.3, 0.4) is 0 Å². The first-order valence-corrected chi connectivity index (χ1v) is 11.4. The maximum Gasteiger partial charge on any atom is 0.419 e. The van der Waals surface area contributed by atoms with E-state index >= 15 is 0 Å². The smallest absolute Gasteiger partial charge is 0.331 e. The molecule has 36 heavy (non-hydrogen) atoms. The summed E-state index contributed by atoms with van der Waals surface area (Å²) in [5, 5.41) is 2.46. The van der Waals surface area contributed by atoms with Crippen LogP contribution in [0.4, 0.5) is 27.6 Å². The lowest BCUT2D eigenvalue weighted by molar-refractivity contribution is -0.140. The van der Waals surface area contributed by atoms with E-state index in [0.717, 1.165) is 6.07 Å². The van der Waals surface area contributed by atoms with Crippen LogP contribution in [0.2, 0.25) is 0 Å². The van der Waals surface area contributed by atoms with Gasteiger partial charge in [0.2, 0.25) is 5.91 Å². The highest BCUT2D eigenvalue weighted by Gasteiger charge is 2.41. The first-order valence-electron chi connectivity index (χ1n) is 11.4. The van der Waals surface area contributed by atoms with Gasteiger partial charge in [-0.2, -0.15) is 13.2 Å². The number of nitrogens with zero attached hydrogens (tertiary/aromatic N) is 1. The number of aryl methyl sites for hydroxylation is 1. The Balaban J connectivity index is 1.69. The number of hydrogen-bond acceptors (Lipinski definition) is 2. The highest BCUT2D eigenvalue weighted by Crippen LogP contribution is 2.39. The van der Waals surface area contributed by atoms with E-state index in [4.69, 9.17) is 0 Å². The van der Waals surface area contributed by atoms with Crippen LogP contribution in [0.1, 0.15) is 45.9 Å². The third-order valence-corrected chi connectivity index (χ3v) is 6.34. The lowest BCUT2D eigenvalue weighted by Crippen LogP contribution is -2.46. The number of likely N-dealkylation sites (tertiary alicyclic amines) is 1. The van der Waals surface area contributed by atoms with Gasteiger partial charge < -0.3 is 10.2 Å². The first kappa shape index (κ1) is 25.3. The first-order chi connectivity index (χ1) is 17.1. The molecule has 4 nitrogen and oxygen atoms in total. The van der Waals surface area contributed by atoms with Crippen molar-refractivity contribution in [1.29, 1.82) is 0 Å². The number of alkyl halides is 3. The molecule has 2 atom stereocenters. The molecule has 9 heteroatoms. The summed E-state index contributed by atoms with van der Waals surface area (Å²) in [6.07, 6.45) is -4.15. The maximum absolute atomic E-state index is 14.6. The van der Waals surface area contributed by atoms with E-state index in [-0.39, 0.29) is 17.8 Å². The summed E-state index contributed by atoms with van der Waals surface area (Å²) in [7, 11) is 0. The van der Waals surface area contributed by atoms with E-state index < -0.39 is 47.1 Å². The van der Waals surface area contributed by atoms with E-state index in [1.54, 1.807) is 43.3 Å². The molecular formula is C27H23F5N2O2. The minimum Gasteiger partial charge on any atom is -0.331 e. The molecule has 3 aromatic carbocycles. The highest BCUT2D eigenvalue weighted by molar-refractivity contribution is 5.98. The lowest BCUT2D eigenvalue weighted by atomic mass is 9.83. The Hall–Kier alpha value is -3.75. The van der Waals surface area contributed by atoms with Gasteiger partial charge in [0.05, 0.1) is 23.1 Å². The van der Waals surface area contributed by atoms with Crippen molar-refractivity contribution in [3.05, 3.63) is 101 Å². The summed E-state index contributed by atoms with van der Waals surface area (Å²) in [6, 6.07) is 14.5. The predicted molar refractivity (Wildman–Crippen MR) is 124 cm³/mol. The van der Waals surface area contributed by atoms with Crippen LogP contribution < -0.4 is 5.32 Å². The monoisotopic (exact) mass is 502 g/mol. The molecule has 2 amide bonds. The Labute approximate surface area is 204 Å². The van der Waals surface area contributed by atoms with Crippen molar-refractivity contribution < 1.29 is 31.5 Å². The number of piperidine rings is 1. The molecule has 0 aromatic heterocycles. The number of rotatable bonds is 4. The van der Waals surface area contributed by atoms with Gasteiger partial charge in [0.15, 0.2) is 0 Å². The van der Waals surface area contributed by atoms with Gasteiger partial charge in [-0.25, -0.2) is 8.78 Å². The third kappa shape index (κ3) is 5.10. The van der Waals surface area contributed by atoms with Crippen molar-refractivity contribution in [3.63, 3.8) is 0 Å². The zero-order chi connectivity index (χ0) is 26.0. The second-order valence-electron chi connectivity index (χ2n) is 8.72. The Bertz CT molecular complexity index is 1260. The Kier molecular flexibility index (Phi) is 7.10. The number of anilines is 1. The largest absolute Gasteiger partial charge is 0.419 e. The average molecular weight is 502 g/mol. The van der Waals surface area contributed by atoms with Crippen molar-refractivity contribution >= 4 is 17.5 Å². The zero-order valence-electron chi connectivity index (χ0n) is 19.3. The topological polar surface area (TPSA) is 49.4 Å². The van der Waals surface area contributed by atoms with Gasteiger partial charge in [0.25, 0.3) is 5.91 Å². The van der Waals surface area contributed by atoms with Gasteiger partial charge in [0.1, 0.15) is 11.6 Å². The maximum atomic E-state index is 14.6. The quantitative estimate of drug-likeness (QED) is 0.413. The average Bonchev–Trinajstić information content (AvgIpc) is 2.84. The van der Waals surface area contributed by atoms with E-state index in [1.807, 2.05) is 0 Å². The van der Waals surface area contributed by atoms with Crippen LogP contribution in [0.15, 0.2) is 66.7 Å². The second kappa shape index (κ2) is 10.1. The fourth-order valence-corrected chi connectivity index (χ4v) is 4.66. The number of hydrogen-bond donors (Lipinski definition) is 1. The summed E-state index contributed by atoms with van der Waals surface area (Å²) in [5.74, 6) is -4.15. The molecule has 0 spiro atoms. The summed E-state index contributed by atoms with van der Waals surface area (Å²) in [5.41, 5.74) is -0.712. The number of carbonyl (C=O) groups excluding carboxylic acids is 2. The molecule has 0 aliphatic carbocycles. The SMILES string of the molecule is Cc1cccc(F)c1C(=O)N1CCC[C@H](C(=O)Nc2ccc(F)c(C(F)(F)F)c2)[C@@H]1c1ccccc1. The van der Waals surface area contributed by atoms with Crippen LogP contribution >= 0.6 is 0 Å². The molecule has 1 saturated heterocycles. The Morgan fingerprint density at radius 2 is 1.67 bits per heavy atom. The number of benzene rings is 3. The van der Waals surface area contributed by atoms with Crippen LogP contribution in [0, 0.1) is 24.5 Å². The molecule has 1 fully saturated rings. The molecule has 3 aromatic rings. The van der Waals surface area contributed by atoms with Crippen LogP contribution in [0.5, 0.6) is 0 Å². The Morgan fingerprint density at radius 1 is 0.944 bits per heavy atom. The van der Waals surface area contributed by atoms with Crippen molar-refractivity contribution in [3.8, 4) is 0 Å². The molecule has 1 aliphatic heterocycles. The molecule has 0 saturated carbocycles. The van der Waals surface area contributed by atoms with Crippen molar-refractivity contribution in [2.24, 2.45) is 5.92 Å². The fourth-order valence-electron chi connectivity index (χ4n) is 4.66. The van der Waals surface area contributed by atoms with Gasteiger partial charge in [-0.05, 0) is 55.2 Å². The van der Waals surface area contributed by atoms with Crippen molar-refractivity contribution in [2.75, 3.05) is 11.9 Å². The standard InChI is InChI=1S/C27H23F5N2O2/c1-16-7-5-11-22(29)23(16)26(36)34-14-6-10-19(24(34)17-8-3-2-4-9-17)25(35)33-18-12-13-21(28)20(15-18)27(30,31)32/h2-5,7-9,11-13,15,19,24H,6,10,14H2,1H3,(H,33,35)/t19-,24-/m0/s1. The predicted octanol–water partition coefficient (Wildman–Crippen LogP) is 6.52. The molecule has 1 aliphatic rings. The fraction of sp³-hybridized carbons (Fsp3) is 0.259. The molecular weight excluding hydrogens is 479 g/mol. The third-order valence-electron chi connectivity index (χ3n) is 6.34. The number of amides is 2. The molecule has 1 N–H and O–H groups in total. The van der Waals surface area contributed by atoms with E-state index in [2.05, 4.69) is 5.32 Å². The molecule has 4 rings (SSSR count). The van der Waals surface area contributed by atoms with E-state index in [9.17, 15) is 31.5 Å². The minimum atomic E-state index is -4.93. The molecule has 0 unspecified atom stereocenters. The molecule has 1 heterocycles. The summed E-state index contributed by atoms with van der Waals surface area (Å²) in [4.78, 5) is 28.3. The molecule has 0 radical (unpaired) electrons. The summed E-state index contributed by atoms with van der Waals surface area (Å²) < 4.78 is 67.8. The van der Waals surface area contributed by atoms with Gasteiger partial charge in [0, 0.05) is 12.2 Å². The number of nitrogens with one attached hydrogen (secondary N) is 1. The van der Waals surface area contributed by atoms with Crippen molar-refractivity contribution in [2.45, 2.75) is 32.0 Å². The normalized spacial score (nSPS) is 18.1. The van der Waals surface area contributed by atoms with Crippen LogP contribution in [0.25, 0.3) is 0 Å². The van der Waals surface area contributed by atoms with Gasteiger partial charge in [-0.1, -0.05) is 42.5 Å². The van der Waals surface area contributed by atoms with Gasteiger partial charge in [-0.3, -0.25) is 9.59 Å². The van der Waals surface area contributed by atoms with Crippen LogP contribution in [-0.4, -0.2) is 23.3 Å². The zero-order valence-corrected chi connectivity index (χ0v) is 19.3. The summed E-state index contributed by atoms with van der Waals surface area (Å²) >= 11 is 0. The molecule has 0 bridgehead atoms. The van der Waals surface area contributed by atoms with Crippen LogP contribution in [-0.2, 0) is 11.0 Å². The Morgan fingerprint density at radius 3 is 2.33 bits per heavy atom. The van der Waals surface area contributed by atoms with Gasteiger partial charge in [-0.15, -0.1) is 0 Å². The number of carbonyl (C=O) groups is 2. The molecule has 188 valence electrons. The van der Waals surface area contributed by atoms with E-state index in [1.165, 1.54) is 17.0 Å². The second-order valence-corrected chi connectivity index (χ2v) is 8.72. The highest BCUT2D eigenvalue weighted by atomic mass is 19.4. The number of halogens is 5. The lowest BCUT2D eigenvalue weighted by Gasteiger charge is -2.41. The van der Waals surface area contributed by atoms with Gasteiger partial charge >= 0.3 is 6.18 Å². The summed E-state index contributed by atoms with van der Waals surface area (Å²) in [6.45, 7) is 1.89. The van der Waals surface area contributed by atoms with E-state index in [0.29, 0.717) is 36.1 Å². The van der Waals surface area contributed by atoms with Crippen molar-refractivity contribution in [1.82, 2.24) is 4.90 Å².